The Kier molecular flexibility index (Phi) is 7.58. The zero-order valence-electron chi connectivity index (χ0n) is 16.7. The van der Waals surface area contributed by atoms with Gasteiger partial charge in [-0.3, -0.25) is 9.59 Å². The summed E-state index contributed by atoms with van der Waals surface area (Å²) in [5.74, 6) is 0.736. The average Bonchev–Trinajstić information content (AvgIpc) is 2.75. The highest BCUT2D eigenvalue weighted by Gasteiger charge is 2.20. The van der Waals surface area contributed by atoms with Crippen LogP contribution in [0.15, 0.2) is 84.9 Å². The van der Waals surface area contributed by atoms with Crippen molar-refractivity contribution in [2.45, 2.75) is 19.6 Å². The summed E-state index contributed by atoms with van der Waals surface area (Å²) in [5, 5.41) is 5.43. The van der Waals surface area contributed by atoms with Gasteiger partial charge in [-0.1, -0.05) is 48.5 Å². The number of para-hydroxylation sites is 1. The van der Waals surface area contributed by atoms with E-state index in [9.17, 15) is 9.59 Å². The minimum Gasteiger partial charge on any atom is -0.457 e. The molecule has 0 aliphatic rings. The fraction of sp³-hybridized carbons (Fsp3) is 0.167. The SMILES string of the molecule is CC(=O)NC(COCc1ccccc1)C(=O)Nc1ccc(Oc2ccccc2)cc1. The minimum atomic E-state index is -0.800. The fourth-order valence-corrected chi connectivity index (χ4v) is 2.76. The average molecular weight is 404 g/mol. The normalized spacial score (nSPS) is 11.4. The molecule has 0 radical (unpaired) electrons. The van der Waals surface area contributed by atoms with E-state index in [-0.39, 0.29) is 18.4 Å². The van der Waals surface area contributed by atoms with Gasteiger partial charge in [0.25, 0.3) is 0 Å². The van der Waals surface area contributed by atoms with Gasteiger partial charge in [0, 0.05) is 12.6 Å². The monoisotopic (exact) mass is 404 g/mol. The van der Waals surface area contributed by atoms with Gasteiger partial charge in [-0.2, -0.15) is 0 Å². The molecule has 0 aliphatic heterocycles. The van der Waals surface area contributed by atoms with E-state index in [1.165, 1.54) is 6.92 Å². The van der Waals surface area contributed by atoms with Gasteiger partial charge in [0.05, 0.1) is 13.2 Å². The van der Waals surface area contributed by atoms with Crippen LogP contribution in [0.1, 0.15) is 12.5 Å². The maximum atomic E-state index is 12.6. The molecule has 0 saturated carbocycles. The first kappa shape index (κ1) is 21.1. The van der Waals surface area contributed by atoms with Crippen LogP contribution in [0, 0.1) is 0 Å². The van der Waals surface area contributed by atoms with Gasteiger partial charge in [0.1, 0.15) is 17.5 Å². The molecular formula is C24H24N2O4. The van der Waals surface area contributed by atoms with Crippen molar-refractivity contribution in [3.63, 3.8) is 0 Å². The summed E-state index contributed by atoms with van der Waals surface area (Å²) in [6.07, 6.45) is 0. The van der Waals surface area contributed by atoms with Crippen LogP contribution in [0.2, 0.25) is 0 Å². The van der Waals surface area contributed by atoms with Crippen molar-refractivity contribution in [1.29, 1.82) is 0 Å². The van der Waals surface area contributed by atoms with Gasteiger partial charge in [0.15, 0.2) is 0 Å². The number of anilines is 1. The van der Waals surface area contributed by atoms with Crippen molar-refractivity contribution >= 4 is 17.5 Å². The third-order valence-corrected chi connectivity index (χ3v) is 4.19. The molecule has 6 nitrogen and oxygen atoms in total. The molecule has 3 aromatic carbocycles. The molecular weight excluding hydrogens is 380 g/mol. The molecule has 3 aromatic rings. The summed E-state index contributed by atoms with van der Waals surface area (Å²) in [7, 11) is 0. The van der Waals surface area contributed by atoms with Gasteiger partial charge >= 0.3 is 0 Å². The zero-order valence-corrected chi connectivity index (χ0v) is 16.7. The molecule has 0 spiro atoms. The number of benzene rings is 3. The second-order valence-electron chi connectivity index (χ2n) is 6.68. The Bertz CT molecular complexity index is 944. The van der Waals surface area contributed by atoms with Crippen LogP contribution in [0.25, 0.3) is 0 Å². The van der Waals surface area contributed by atoms with E-state index in [0.29, 0.717) is 18.0 Å². The summed E-state index contributed by atoms with van der Waals surface area (Å²) in [6.45, 7) is 1.79. The number of hydrogen-bond donors (Lipinski definition) is 2. The van der Waals surface area contributed by atoms with Crippen LogP contribution in [0.4, 0.5) is 5.69 Å². The maximum absolute atomic E-state index is 12.6. The van der Waals surface area contributed by atoms with E-state index in [2.05, 4.69) is 10.6 Å². The second kappa shape index (κ2) is 10.8. The lowest BCUT2D eigenvalue weighted by Gasteiger charge is -2.18. The Morgan fingerprint density at radius 1 is 0.833 bits per heavy atom. The number of nitrogens with one attached hydrogen (secondary N) is 2. The third kappa shape index (κ3) is 6.76. The van der Waals surface area contributed by atoms with E-state index in [1.807, 2.05) is 60.7 Å². The Hall–Kier alpha value is -3.64. The van der Waals surface area contributed by atoms with E-state index in [0.717, 1.165) is 11.3 Å². The Labute approximate surface area is 175 Å². The van der Waals surface area contributed by atoms with E-state index in [4.69, 9.17) is 9.47 Å². The van der Waals surface area contributed by atoms with Crippen LogP contribution >= 0.6 is 0 Å². The first-order chi connectivity index (χ1) is 14.6. The first-order valence-electron chi connectivity index (χ1n) is 9.63. The van der Waals surface area contributed by atoms with Gasteiger partial charge in [0.2, 0.25) is 11.8 Å². The van der Waals surface area contributed by atoms with Gasteiger partial charge in [-0.25, -0.2) is 0 Å². The van der Waals surface area contributed by atoms with Crippen LogP contribution in [-0.4, -0.2) is 24.5 Å². The molecule has 1 unspecified atom stereocenters. The number of hydrogen-bond acceptors (Lipinski definition) is 4. The number of ether oxygens (including phenoxy) is 2. The minimum absolute atomic E-state index is 0.0650. The molecule has 6 heteroatoms. The molecule has 154 valence electrons. The lowest BCUT2D eigenvalue weighted by atomic mass is 10.2. The van der Waals surface area contributed by atoms with Crippen LogP contribution in [-0.2, 0) is 20.9 Å². The number of amides is 2. The van der Waals surface area contributed by atoms with Gasteiger partial charge in [-0.15, -0.1) is 0 Å². The third-order valence-electron chi connectivity index (χ3n) is 4.19. The van der Waals surface area contributed by atoms with E-state index >= 15 is 0 Å². The molecule has 0 aromatic heterocycles. The molecule has 1 atom stereocenters. The van der Waals surface area contributed by atoms with E-state index in [1.54, 1.807) is 24.3 Å². The predicted octanol–water partition coefficient (Wildman–Crippen LogP) is 4.14. The second-order valence-corrected chi connectivity index (χ2v) is 6.68. The van der Waals surface area contributed by atoms with Crippen LogP contribution in [0.3, 0.4) is 0 Å². The van der Waals surface area contributed by atoms with Crippen molar-refractivity contribution < 1.29 is 19.1 Å². The standard InChI is InChI=1S/C24H24N2O4/c1-18(27)25-23(17-29-16-19-8-4-2-5-9-19)24(28)26-20-12-14-22(15-13-20)30-21-10-6-3-7-11-21/h2-15,23H,16-17H2,1H3,(H,25,27)(H,26,28). The van der Waals surface area contributed by atoms with Crippen molar-refractivity contribution in [2.24, 2.45) is 0 Å². The number of carbonyl (C=O) groups is 2. The summed E-state index contributed by atoms with van der Waals surface area (Å²) in [5.41, 5.74) is 1.59. The predicted molar refractivity (Wildman–Crippen MR) is 115 cm³/mol. The van der Waals surface area contributed by atoms with Crippen molar-refractivity contribution in [1.82, 2.24) is 5.32 Å². The number of rotatable bonds is 9. The highest BCUT2D eigenvalue weighted by molar-refractivity contribution is 5.97. The Morgan fingerprint density at radius 3 is 2.07 bits per heavy atom. The topological polar surface area (TPSA) is 76.7 Å². The molecule has 0 aliphatic carbocycles. The van der Waals surface area contributed by atoms with Gasteiger partial charge in [-0.05, 0) is 42.0 Å². The van der Waals surface area contributed by atoms with Crippen molar-refractivity contribution in [2.75, 3.05) is 11.9 Å². The molecule has 2 N–H and O–H groups in total. The lowest BCUT2D eigenvalue weighted by molar-refractivity contribution is -0.126. The summed E-state index contributed by atoms with van der Waals surface area (Å²) in [6, 6.07) is 25.3. The first-order valence-corrected chi connectivity index (χ1v) is 9.63. The highest BCUT2D eigenvalue weighted by Crippen LogP contribution is 2.22. The molecule has 0 fully saturated rings. The molecule has 0 bridgehead atoms. The molecule has 0 heterocycles. The zero-order chi connectivity index (χ0) is 21.2. The highest BCUT2D eigenvalue weighted by atomic mass is 16.5. The van der Waals surface area contributed by atoms with Gasteiger partial charge < -0.3 is 20.1 Å². The number of carbonyl (C=O) groups excluding carboxylic acids is 2. The fourth-order valence-electron chi connectivity index (χ4n) is 2.76. The Morgan fingerprint density at radius 2 is 1.43 bits per heavy atom. The van der Waals surface area contributed by atoms with Crippen molar-refractivity contribution in [3.05, 3.63) is 90.5 Å². The van der Waals surface area contributed by atoms with Crippen LogP contribution < -0.4 is 15.4 Å². The Balaban J connectivity index is 1.55. The largest absolute Gasteiger partial charge is 0.457 e. The van der Waals surface area contributed by atoms with Crippen LogP contribution in [0.5, 0.6) is 11.5 Å². The summed E-state index contributed by atoms with van der Waals surface area (Å²) < 4.78 is 11.4. The molecule has 0 saturated heterocycles. The summed E-state index contributed by atoms with van der Waals surface area (Å²) in [4.78, 5) is 24.1. The molecule has 3 rings (SSSR count). The lowest BCUT2D eigenvalue weighted by Crippen LogP contribution is -2.46. The molecule has 2 amide bonds. The quantitative estimate of drug-likeness (QED) is 0.562. The van der Waals surface area contributed by atoms with E-state index < -0.39 is 6.04 Å². The maximum Gasteiger partial charge on any atom is 0.249 e. The summed E-state index contributed by atoms with van der Waals surface area (Å²) >= 11 is 0. The smallest absolute Gasteiger partial charge is 0.249 e. The van der Waals surface area contributed by atoms with Crippen molar-refractivity contribution in [3.8, 4) is 11.5 Å². The molecule has 30 heavy (non-hydrogen) atoms.